The first kappa shape index (κ1) is 17.1. The van der Waals surface area contributed by atoms with Gasteiger partial charge in [-0.2, -0.15) is 5.10 Å². The molecule has 0 aliphatic carbocycles. The number of rotatable bonds is 5. The van der Waals surface area contributed by atoms with Gasteiger partial charge in [0.05, 0.1) is 13.3 Å². The molecule has 2 amide bonds. The highest BCUT2D eigenvalue weighted by atomic mass is 19.1. The van der Waals surface area contributed by atoms with E-state index in [4.69, 9.17) is 4.74 Å². The Morgan fingerprint density at radius 2 is 2.00 bits per heavy atom. The highest BCUT2D eigenvalue weighted by Gasteiger charge is 2.30. The smallest absolute Gasteiger partial charge is 0.324 e. The number of hydrogen-bond donors (Lipinski definition) is 1. The van der Waals surface area contributed by atoms with Crippen LogP contribution in [-0.2, 0) is 6.54 Å². The van der Waals surface area contributed by atoms with Crippen LogP contribution in [0, 0.1) is 5.82 Å². The van der Waals surface area contributed by atoms with Gasteiger partial charge < -0.3 is 9.64 Å². The molecule has 6 nitrogen and oxygen atoms in total. The van der Waals surface area contributed by atoms with Gasteiger partial charge in [0.15, 0.2) is 0 Å². The molecule has 4 rings (SSSR count). The van der Waals surface area contributed by atoms with Crippen LogP contribution in [0.2, 0.25) is 0 Å². The summed E-state index contributed by atoms with van der Waals surface area (Å²) >= 11 is 0. The van der Waals surface area contributed by atoms with E-state index in [0.717, 1.165) is 22.4 Å². The van der Waals surface area contributed by atoms with Crippen LogP contribution >= 0.6 is 0 Å². The molecule has 0 bridgehead atoms. The molecule has 1 aliphatic rings. The van der Waals surface area contributed by atoms with Gasteiger partial charge in [-0.05, 0) is 29.8 Å². The maximum Gasteiger partial charge on any atom is 0.324 e. The summed E-state index contributed by atoms with van der Waals surface area (Å²) in [6, 6.07) is 11.8. The molecular weight excluding hydrogens is 347 g/mol. The first-order chi connectivity index (χ1) is 13.2. The molecule has 0 unspecified atom stereocenters. The molecule has 1 N–H and O–H groups in total. The van der Waals surface area contributed by atoms with Crippen LogP contribution in [0.25, 0.3) is 11.1 Å². The van der Waals surface area contributed by atoms with E-state index < -0.39 is 0 Å². The molecule has 1 fully saturated rings. The molecule has 27 heavy (non-hydrogen) atoms. The lowest BCUT2D eigenvalue weighted by Crippen LogP contribution is -2.31. The fourth-order valence-corrected chi connectivity index (χ4v) is 3.26. The predicted molar refractivity (Wildman–Crippen MR) is 100 cm³/mol. The molecule has 0 spiro atoms. The van der Waals surface area contributed by atoms with Crippen LogP contribution in [0.1, 0.15) is 5.56 Å². The van der Waals surface area contributed by atoms with Gasteiger partial charge in [0, 0.05) is 48.7 Å². The van der Waals surface area contributed by atoms with E-state index >= 15 is 0 Å². The highest BCUT2D eigenvalue weighted by molar-refractivity contribution is 5.95. The predicted octanol–water partition coefficient (Wildman–Crippen LogP) is 3.67. The normalized spacial score (nSPS) is 14.1. The minimum absolute atomic E-state index is 0.0718. The second kappa shape index (κ2) is 7.11. The minimum atomic E-state index is -0.280. The van der Waals surface area contributed by atoms with Crippen molar-refractivity contribution in [3.8, 4) is 16.9 Å². The van der Waals surface area contributed by atoms with Gasteiger partial charge in [-0.15, -0.1) is 0 Å². The third-order valence-electron chi connectivity index (χ3n) is 4.69. The standard InChI is InChI=1S/C20H19FN4O2/c1-27-19-10-17(6-7-18(19)15-11-22-23-12-15)25-9-8-24(20(25)26)13-14-2-4-16(21)5-3-14/h2-7,10-12H,8-9,13H2,1H3,(H,22,23). The Balaban J connectivity index is 1.53. The lowest BCUT2D eigenvalue weighted by Gasteiger charge is -2.20. The SMILES string of the molecule is COc1cc(N2CCN(Cc3ccc(F)cc3)C2=O)ccc1-c1cn[nH]c1. The number of methoxy groups -OCH3 is 1. The van der Waals surface area contributed by atoms with Crippen molar-refractivity contribution >= 4 is 11.7 Å². The number of amides is 2. The molecule has 7 heteroatoms. The first-order valence-electron chi connectivity index (χ1n) is 8.64. The Morgan fingerprint density at radius 1 is 1.19 bits per heavy atom. The van der Waals surface area contributed by atoms with Gasteiger partial charge in [-0.3, -0.25) is 10.00 Å². The number of nitrogens with zero attached hydrogens (tertiary/aromatic N) is 3. The zero-order chi connectivity index (χ0) is 18.8. The lowest BCUT2D eigenvalue weighted by molar-refractivity contribution is 0.219. The van der Waals surface area contributed by atoms with Gasteiger partial charge in [0.25, 0.3) is 0 Å². The number of urea groups is 1. The van der Waals surface area contributed by atoms with Crippen LogP contribution in [0.5, 0.6) is 5.75 Å². The van der Waals surface area contributed by atoms with E-state index in [0.29, 0.717) is 25.4 Å². The number of aromatic nitrogens is 2. The molecule has 1 aromatic heterocycles. The van der Waals surface area contributed by atoms with E-state index in [1.165, 1.54) is 12.1 Å². The van der Waals surface area contributed by atoms with Crippen LogP contribution in [0.3, 0.4) is 0 Å². The number of carbonyl (C=O) groups excluding carboxylic acids is 1. The summed E-state index contributed by atoms with van der Waals surface area (Å²) in [6.45, 7) is 1.66. The molecule has 2 aromatic carbocycles. The summed E-state index contributed by atoms with van der Waals surface area (Å²) in [7, 11) is 1.61. The third-order valence-corrected chi connectivity index (χ3v) is 4.69. The van der Waals surface area contributed by atoms with Crippen LogP contribution in [0.15, 0.2) is 54.9 Å². The van der Waals surface area contributed by atoms with Gasteiger partial charge in [0.1, 0.15) is 11.6 Å². The first-order valence-corrected chi connectivity index (χ1v) is 8.64. The van der Waals surface area contributed by atoms with Crippen molar-refractivity contribution in [1.82, 2.24) is 15.1 Å². The van der Waals surface area contributed by atoms with E-state index in [1.807, 2.05) is 18.2 Å². The van der Waals surface area contributed by atoms with Crippen LogP contribution in [-0.4, -0.2) is 41.3 Å². The summed E-state index contributed by atoms with van der Waals surface area (Å²) in [4.78, 5) is 16.3. The van der Waals surface area contributed by atoms with Gasteiger partial charge >= 0.3 is 6.03 Å². The van der Waals surface area contributed by atoms with Gasteiger partial charge in [-0.25, -0.2) is 9.18 Å². The lowest BCUT2D eigenvalue weighted by atomic mass is 10.1. The topological polar surface area (TPSA) is 61.5 Å². The van der Waals surface area contributed by atoms with Crippen molar-refractivity contribution in [2.45, 2.75) is 6.54 Å². The number of hydrogen-bond acceptors (Lipinski definition) is 3. The van der Waals surface area contributed by atoms with E-state index in [-0.39, 0.29) is 11.8 Å². The van der Waals surface area contributed by atoms with Gasteiger partial charge in [-0.1, -0.05) is 12.1 Å². The molecule has 1 saturated heterocycles. The minimum Gasteiger partial charge on any atom is -0.496 e. The largest absolute Gasteiger partial charge is 0.496 e. The Bertz CT molecular complexity index is 941. The average molecular weight is 366 g/mol. The van der Waals surface area contributed by atoms with Crippen molar-refractivity contribution in [3.63, 3.8) is 0 Å². The molecular formula is C20H19FN4O2. The molecule has 138 valence electrons. The van der Waals surface area contributed by atoms with Crippen molar-refractivity contribution in [3.05, 3.63) is 66.2 Å². The van der Waals surface area contributed by atoms with Crippen molar-refractivity contribution < 1.29 is 13.9 Å². The average Bonchev–Trinajstić information content (AvgIpc) is 3.34. The Morgan fingerprint density at radius 3 is 2.70 bits per heavy atom. The number of ether oxygens (including phenoxy) is 1. The molecule has 3 aromatic rings. The molecule has 0 atom stereocenters. The van der Waals surface area contributed by atoms with E-state index in [9.17, 15) is 9.18 Å². The second-order valence-electron chi connectivity index (χ2n) is 6.35. The molecule has 1 aliphatic heterocycles. The van der Waals surface area contributed by atoms with Crippen molar-refractivity contribution in [2.75, 3.05) is 25.1 Å². The van der Waals surface area contributed by atoms with Crippen molar-refractivity contribution in [1.29, 1.82) is 0 Å². The van der Waals surface area contributed by atoms with Crippen LogP contribution in [0.4, 0.5) is 14.9 Å². The number of halogens is 1. The monoisotopic (exact) mass is 366 g/mol. The number of nitrogens with one attached hydrogen (secondary N) is 1. The number of aromatic amines is 1. The number of carbonyl (C=O) groups is 1. The Labute approximate surface area is 156 Å². The van der Waals surface area contributed by atoms with E-state index in [2.05, 4.69) is 10.2 Å². The summed E-state index contributed by atoms with van der Waals surface area (Å²) in [5, 5.41) is 6.75. The fraction of sp³-hybridized carbons (Fsp3) is 0.200. The Kier molecular flexibility index (Phi) is 4.50. The van der Waals surface area contributed by atoms with Crippen molar-refractivity contribution in [2.24, 2.45) is 0 Å². The molecule has 0 radical (unpaired) electrons. The second-order valence-corrected chi connectivity index (χ2v) is 6.35. The zero-order valence-corrected chi connectivity index (χ0v) is 14.9. The number of H-pyrrole nitrogens is 1. The maximum absolute atomic E-state index is 13.1. The molecule has 0 saturated carbocycles. The van der Waals surface area contributed by atoms with Gasteiger partial charge in [0.2, 0.25) is 0 Å². The Hall–Kier alpha value is -3.35. The number of anilines is 1. The quantitative estimate of drug-likeness (QED) is 0.749. The van der Waals surface area contributed by atoms with Crippen LogP contribution < -0.4 is 9.64 Å². The summed E-state index contributed by atoms with van der Waals surface area (Å²) in [5.41, 5.74) is 3.51. The molecule has 2 heterocycles. The van der Waals surface area contributed by atoms with E-state index in [1.54, 1.807) is 41.4 Å². The zero-order valence-electron chi connectivity index (χ0n) is 14.9. The number of benzene rings is 2. The third kappa shape index (κ3) is 3.36. The fourth-order valence-electron chi connectivity index (χ4n) is 3.26. The summed E-state index contributed by atoms with van der Waals surface area (Å²) in [6.07, 6.45) is 3.52. The highest BCUT2D eigenvalue weighted by Crippen LogP contribution is 2.34. The maximum atomic E-state index is 13.1. The summed E-state index contributed by atoms with van der Waals surface area (Å²) < 4.78 is 18.6. The summed E-state index contributed by atoms with van der Waals surface area (Å²) in [5.74, 6) is 0.400.